The number of carbonyl (C=O) groups is 1. The quantitative estimate of drug-likeness (QED) is 0.711. The predicted octanol–water partition coefficient (Wildman–Crippen LogP) is 2.07. The number of nitrogens with zero attached hydrogens (tertiary/aromatic N) is 3. The molecule has 1 N–H and O–H groups in total. The van der Waals surface area contributed by atoms with Crippen molar-refractivity contribution < 1.29 is 14.3 Å². The van der Waals surface area contributed by atoms with Crippen LogP contribution in [0.15, 0.2) is 29.4 Å². The van der Waals surface area contributed by atoms with E-state index in [0.717, 1.165) is 41.9 Å². The summed E-state index contributed by atoms with van der Waals surface area (Å²) in [5, 5.41) is 12.3. The number of amides is 1. The van der Waals surface area contributed by atoms with Gasteiger partial charge in [0, 0.05) is 37.9 Å². The second-order valence-electron chi connectivity index (χ2n) is 6.14. The molecule has 0 radical (unpaired) electrons. The summed E-state index contributed by atoms with van der Waals surface area (Å²) in [6, 6.07) is 7.04. The van der Waals surface area contributed by atoms with Crippen molar-refractivity contribution in [2.24, 2.45) is 7.05 Å². The van der Waals surface area contributed by atoms with E-state index < -0.39 is 0 Å². The van der Waals surface area contributed by atoms with E-state index in [2.05, 4.69) is 15.5 Å². The van der Waals surface area contributed by atoms with Crippen LogP contribution in [0.5, 0.6) is 5.75 Å². The number of nitrogens with one attached hydrogen (secondary N) is 1. The SMILES string of the molecule is COc1ccc(C(=O)NCCc2nnc(SCC3CCCO3)n2C)cc1. The monoisotopic (exact) mass is 376 g/mol. The first-order chi connectivity index (χ1) is 12.7. The molecular weight excluding hydrogens is 352 g/mol. The third kappa shape index (κ3) is 4.76. The molecule has 1 aromatic carbocycles. The first kappa shape index (κ1) is 18.7. The fourth-order valence-corrected chi connectivity index (χ4v) is 3.76. The second kappa shape index (κ2) is 9.05. The highest BCUT2D eigenvalue weighted by atomic mass is 32.2. The standard InChI is InChI=1S/C18H24N4O3S/c1-22-16(20-21-18(22)26-12-15-4-3-11-25-15)9-10-19-17(23)13-5-7-14(24-2)8-6-13/h5-8,15H,3-4,9-12H2,1-2H3,(H,19,23). The molecule has 0 bridgehead atoms. The van der Waals surface area contributed by atoms with Crippen LogP contribution < -0.4 is 10.1 Å². The molecule has 0 saturated carbocycles. The maximum atomic E-state index is 12.2. The van der Waals surface area contributed by atoms with Crippen LogP contribution in [-0.4, -0.2) is 52.8 Å². The number of hydrogen-bond acceptors (Lipinski definition) is 6. The van der Waals surface area contributed by atoms with Gasteiger partial charge in [-0.1, -0.05) is 11.8 Å². The van der Waals surface area contributed by atoms with Crippen LogP contribution in [0.1, 0.15) is 29.0 Å². The molecule has 1 fully saturated rings. The van der Waals surface area contributed by atoms with Crippen LogP contribution in [0.25, 0.3) is 0 Å². The van der Waals surface area contributed by atoms with Crippen LogP contribution >= 0.6 is 11.8 Å². The topological polar surface area (TPSA) is 78.3 Å². The van der Waals surface area contributed by atoms with Crippen LogP contribution in [0.3, 0.4) is 0 Å². The first-order valence-electron chi connectivity index (χ1n) is 8.72. The average molecular weight is 376 g/mol. The third-order valence-corrected chi connectivity index (χ3v) is 5.49. The van der Waals surface area contributed by atoms with Gasteiger partial charge in [0.15, 0.2) is 5.16 Å². The lowest BCUT2D eigenvalue weighted by Gasteiger charge is -2.09. The van der Waals surface area contributed by atoms with E-state index in [1.54, 1.807) is 43.1 Å². The van der Waals surface area contributed by atoms with E-state index >= 15 is 0 Å². The molecule has 2 heterocycles. The van der Waals surface area contributed by atoms with Gasteiger partial charge < -0.3 is 19.4 Å². The molecule has 1 unspecified atom stereocenters. The fourth-order valence-electron chi connectivity index (χ4n) is 2.76. The molecule has 140 valence electrons. The summed E-state index contributed by atoms with van der Waals surface area (Å²) >= 11 is 1.67. The minimum Gasteiger partial charge on any atom is -0.497 e. The molecule has 1 aliphatic heterocycles. The number of aromatic nitrogens is 3. The third-order valence-electron chi connectivity index (χ3n) is 4.33. The molecule has 1 saturated heterocycles. The maximum Gasteiger partial charge on any atom is 0.251 e. The Morgan fingerprint density at radius 1 is 1.38 bits per heavy atom. The van der Waals surface area contributed by atoms with E-state index in [4.69, 9.17) is 9.47 Å². The fraction of sp³-hybridized carbons (Fsp3) is 0.500. The Bertz CT molecular complexity index is 727. The number of hydrogen-bond donors (Lipinski definition) is 1. The van der Waals surface area contributed by atoms with E-state index in [0.29, 0.717) is 24.6 Å². The molecular formula is C18H24N4O3S. The highest BCUT2D eigenvalue weighted by molar-refractivity contribution is 7.99. The van der Waals surface area contributed by atoms with Gasteiger partial charge in [-0.15, -0.1) is 10.2 Å². The molecule has 1 aliphatic rings. The zero-order chi connectivity index (χ0) is 18.4. The van der Waals surface area contributed by atoms with Crippen LogP contribution in [0, 0.1) is 0 Å². The zero-order valence-electron chi connectivity index (χ0n) is 15.1. The summed E-state index contributed by atoms with van der Waals surface area (Å²) in [6.07, 6.45) is 3.22. The molecule has 26 heavy (non-hydrogen) atoms. The smallest absolute Gasteiger partial charge is 0.251 e. The molecule has 2 aromatic rings. The zero-order valence-corrected chi connectivity index (χ0v) is 15.9. The van der Waals surface area contributed by atoms with Crippen LogP contribution in [0.2, 0.25) is 0 Å². The average Bonchev–Trinajstić information content (AvgIpc) is 3.30. The summed E-state index contributed by atoms with van der Waals surface area (Å²) in [4.78, 5) is 12.2. The van der Waals surface area contributed by atoms with E-state index in [1.807, 2.05) is 11.6 Å². The minimum absolute atomic E-state index is 0.109. The van der Waals surface area contributed by atoms with Crippen molar-refractivity contribution in [2.75, 3.05) is 26.0 Å². The number of rotatable bonds is 8. The van der Waals surface area contributed by atoms with Crippen LogP contribution in [0.4, 0.5) is 0 Å². The normalized spacial score (nSPS) is 16.6. The Hall–Kier alpha value is -2.06. The number of thioether (sulfide) groups is 1. The molecule has 0 spiro atoms. The van der Waals surface area contributed by atoms with Gasteiger partial charge in [0.05, 0.1) is 13.2 Å². The maximum absolute atomic E-state index is 12.2. The van der Waals surface area contributed by atoms with Crippen LogP contribution in [-0.2, 0) is 18.2 Å². The van der Waals surface area contributed by atoms with Gasteiger partial charge in [-0.2, -0.15) is 0 Å². The highest BCUT2D eigenvalue weighted by Crippen LogP contribution is 2.22. The number of ether oxygens (including phenoxy) is 2. The molecule has 8 heteroatoms. The lowest BCUT2D eigenvalue weighted by atomic mass is 10.2. The molecule has 3 rings (SSSR count). The number of methoxy groups -OCH3 is 1. The van der Waals surface area contributed by atoms with E-state index in [9.17, 15) is 4.79 Å². The Balaban J connectivity index is 1.46. The lowest BCUT2D eigenvalue weighted by molar-refractivity contribution is 0.0954. The minimum atomic E-state index is -0.109. The van der Waals surface area contributed by atoms with Crippen molar-refractivity contribution in [2.45, 2.75) is 30.5 Å². The van der Waals surface area contributed by atoms with Crippen molar-refractivity contribution in [3.8, 4) is 5.75 Å². The van der Waals surface area contributed by atoms with E-state index in [1.165, 1.54) is 0 Å². The largest absolute Gasteiger partial charge is 0.497 e. The summed E-state index contributed by atoms with van der Waals surface area (Å²) in [6.45, 7) is 1.37. The molecule has 1 aromatic heterocycles. The van der Waals surface area contributed by atoms with Gasteiger partial charge in [-0.25, -0.2) is 0 Å². The Kier molecular flexibility index (Phi) is 6.51. The van der Waals surface area contributed by atoms with Crippen molar-refractivity contribution >= 4 is 17.7 Å². The van der Waals surface area contributed by atoms with Gasteiger partial charge in [0.1, 0.15) is 11.6 Å². The Morgan fingerprint density at radius 2 is 2.19 bits per heavy atom. The Morgan fingerprint density at radius 3 is 2.88 bits per heavy atom. The summed E-state index contributed by atoms with van der Waals surface area (Å²) in [5.74, 6) is 2.38. The number of benzene rings is 1. The van der Waals surface area contributed by atoms with E-state index in [-0.39, 0.29) is 5.91 Å². The van der Waals surface area contributed by atoms with Gasteiger partial charge >= 0.3 is 0 Å². The highest BCUT2D eigenvalue weighted by Gasteiger charge is 2.18. The lowest BCUT2D eigenvalue weighted by Crippen LogP contribution is -2.26. The Labute approximate surface area is 157 Å². The molecule has 7 nitrogen and oxygen atoms in total. The number of carbonyl (C=O) groups excluding carboxylic acids is 1. The summed E-state index contributed by atoms with van der Waals surface area (Å²) < 4.78 is 12.7. The predicted molar refractivity (Wildman–Crippen MR) is 99.7 cm³/mol. The summed E-state index contributed by atoms with van der Waals surface area (Å²) in [5.41, 5.74) is 0.608. The van der Waals surface area contributed by atoms with Crippen molar-refractivity contribution in [3.63, 3.8) is 0 Å². The molecule has 1 amide bonds. The van der Waals surface area contributed by atoms with Gasteiger partial charge in [0.25, 0.3) is 5.91 Å². The van der Waals surface area contributed by atoms with Gasteiger partial charge in [0.2, 0.25) is 0 Å². The second-order valence-corrected chi connectivity index (χ2v) is 7.13. The molecule has 0 aliphatic carbocycles. The van der Waals surface area contributed by atoms with Gasteiger partial charge in [-0.05, 0) is 37.1 Å². The van der Waals surface area contributed by atoms with Gasteiger partial charge in [-0.3, -0.25) is 4.79 Å². The van der Waals surface area contributed by atoms with Crippen molar-refractivity contribution in [1.82, 2.24) is 20.1 Å². The molecule has 1 atom stereocenters. The first-order valence-corrected chi connectivity index (χ1v) is 9.71. The summed E-state index contributed by atoms with van der Waals surface area (Å²) in [7, 11) is 3.56. The van der Waals surface area contributed by atoms with Crippen molar-refractivity contribution in [1.29, 1.82) is 0 Å². The van der Waals surface area contributed by atoms with Crippen molar-refractivity contribution in [3.05, 3.63) is 35.7 Å².